The topological polar surface area (TPSA) is 21.7 Å². The van der Waals surface area contributed by atoms with E-state index in [9.17, 15) is 0 Å². The van der Waals surface area contributed by atoms with E-state index in [1.165, 1.54) is 180 Å². The van der Waals surface area contributed by atoms with E-state index in [4.69, 9.17) is 9.47 Å². The number of allylic oxidation sites excluding steroid dienone is 4. The van der Waals surface area contributed by atoms with Crippen molar-refractivity contribution in [2.45, 2.75) is 187 Å². The largest absolute Gasteiger partial charge is 0.379 e. The number of hydrogen-bond donors (Lipinski definition) is 0. The number of likely N-dealkylation sites (tertiary alicyclic amines) is 1. The predicted molar refractivity (Wildman–Crippen MR) is 187 cm³/mol. The molecule has 42 heavy (non-hydrogen) atoms. The normalized spacial score (nSPS) is 15.1. The number of nitrogens with zero attached hydrogens (tertiary/aromatic N) is 1. The maximum atomic E-state index is 6.35. The predicted octanol–water partition coefficient (Wildman–Crippen LogP) is 12.0. The molecule has 1 atom stereocenters. The molecule has 0 aliphatic carbocycles. The van der Waals surface area contributed by atoms with E-state index < -0.39 is 0 Å². The van der Waals surface area contributed by atoms with E-state index in [2.05, 4.69) is 43.1 Å². The van der Waals surface area contributed by atoms with Crippen molar-refractivity contribution in [1.82, 2.24) is 4.90 Å². The molecule has 1 aliphatic rings. The van der Waals surface area contributed by atoms with E-state index in [1.807, 2.05) is 0 Å². The average Bonchev–Trinajstić information content (AvgIpc) is 3.52. The van der Waals surface area contributed by atoms with Gasteiger partial charge in [-0.25, -0.2) is 0 Å². The molecular formula is C39H75NO2. The first-order valence-electron chi connectivity index (χ1n) is 19.1. The van der Waals surface area contributed by atoms with Crippen molar-refractivity contribution < 1.29 is 9.47 Å². The third-order valence-electron chi connectivity index (χ3n) is 8.77. The molecule has 1 saturated heterocycles. The van der Waals surface area contributed by atoms with Gasteiger partial charge >= 0.3 is 0 Å². The van der Waals surface area contributed by atoms with Gasteiger partial charge in [0, 0.05) is 19.8 Å². The zero-order valence-electron chi connectivity index (χ0n) is 28.8. The second-order valence-electron chi connectivity index (χ2n) is 13.0. The Balaban J connectivity index is 1.96. The first kappa shape index (κ1) is 39.4. The van der Waals surface area contributed by atoms with Crippen LogP contribution in [0.25, 0.3) is 0 Å². The second kappa shape index (κ2) is 33.3. The van der Waals surface area contributed by atoms with Gasteiger partial charge in [-0.15, -0.1) is 0 Å². The highest BCUT2D eigenvalue weighted by Crippen LogP contribution is 2.13. The molecule has 0 amide bonds. The molecule has 1 fully saturated rings. The van der Waals surface area contributed by atoms with Gasteiger partial charge in [0.15, 0.2) is 0 Å². The van der Waals surface area contributed by atoms with Crippen molar-refractivity contribution in [1.29, 1.82) is 0 Å². The summed E-state index contributed by atoms with van der Waals surface area (Å²) in [6.07, 6.45) is 44.6. The van der Waals surface area contributed by atoms with Crippen LogP contribution < -0.4 is 0 Å². The van der Waals surface area contributed by atoms with Gasteiger partial charge in [-0.05, 0) is 90.1 Å². The molecule has 1 aliphatic heterocycles. The molecule has 0 bridgehead atoms. The molecule has 0 aromatic rings. The Bertz CT molecular complexity index is 569. The van der Waals surface area contributed by atoms with E-state index in [0.717, 1.165) is 26.4 Å². The Morgan fingerprint density at radius 1 is 0.500 bits per heavy atom. The lowest BCUT2D eigenvalue weighted by atomic mass is 10.1. The van der Waals surface area contributed by atoms with Crippen molar-refractivity contribution >= 4 is 0 Å². The summed E-state index contributed by atoms with van der Waals surface area (Å²) >= 11 is 0. The van der Waals surface area contributed by atoms with E-state index >= 15 is 0 Å². The van der Waals surface area contributed by atoms with Gasteiger partial charge in [0.1, 0.15) is 0 Å². The molecule has 0 N–H and O–H groups in total. The second-order valence-corrected chi connectivity index (χ2v) is 13.0. The van der Waals surface area contributed by atoms with Crippen molar-refractivity contribution in [2.24, 2.45) is 0 Å². The third-order valence-corrected chi connectivity index (χ3v) is 8.77. The van der Waals surface area contributed by atoms with Crippen LogP contribution in [0, 0.1) is 0 Å². The summed E-state index contributed by atoms with van der Waals surface area (Å²) in [5.41, 5.74) is 0. The number of hydrogen-bond acceptors (Lipinski definition) is 3. The zero-order valence-corrected chi connectivity index (χ0v) is 28.8. The highest BCUT2D eigenvalue weighted by atomic mass is 16.5. The van der Waals surface area contributed by atoms with Crippen molar-refractivity contribution in [3.8, 4) is 0 Å². The average molecular weight is 590 g/mol. The highest BCUT2D eigenvalue weighted by Gasteiger charge is 2.18. The fraction of sp³-hybridized carbons (Fsp3) is 0.897. The lowest BCUT2D eigenvalue weighted by molar-refractivity contribution is -0.0316. The molecule has 0 spiro atoms. The van der Waals surface area contributed by atoms with Gasteiger partial charge in [-0.3, -0.25) is 0 Å². The third kappa shape index (κ3) is 28.1. The molecular weight excluding hydrogens is 514 g/mol. The van der Waals surface area contributed by atoms with Gasteiger partial charge in [0.2, 0.25) is 0 Å². The maximum Gasteiger partial charge on any atom is 0.0934 e. The minimum Gasteiger partial charge on any atom is -0.379 e. The monoisotopic (exact) mass is 590 g/mol. The van der Waals surface area contributed by atoms with Gasteiger partial charge in [0.25, 0.3) is 0 Å². The lowest BCUT2D eigenvalue weighted by Crippen LogP contribution is -2.35. The molecule has 0 aromatic carbocycles. The minimum atomic E-state index is 0.247. The van der Waals surface area contributed by atoms with Crippen LogP contribution >= 0.6 is 0 Å². The fourth-order valence-corrected chi connectivity index (χ4v) is 5.97. The van der Waals surface area contributed by atoms with Crippen LogP contribution in [0.5, 0.6) is 0 Å². The number of unbranched alkanes of at least 4 members (excludes halogenated alkanes) is 20. The SMILES string of the molecule is CCCCCCC=CCCCCCCCCOCC(CN1CCCC1)OCCCCCCCCC=CCCCCCC. The Labute approximate surface area is 264 Å². The van der Waals surface area contributed by atoms with Gasteiger partial charge in [0.05, 0.1) is 12.7 Å². The summed E-state index contributed by atoms with van der Waals surface area (Å²) in [4.78, 5) is 2.58. The molecule has 3 nitrogen and oxygen atoms in total. The summed E-state index contributed by atoms with van der Waals surface area (Å²) in [5, 5.41) is 0. The first-order valence-corrected chi connectivity index (χ1v) is 19.1. The first-order chi connectivity index (χ1) is 20.9. The molecule has 248 valence electrons. The molecule has 0 aromatic heterocycles. The van der Waals surface area contributed by atoms with Crippen LogP contribution in [-0.4, -0.2) is 50.5 Å². The Morgan fingerprint density at radius 3 is 1.38 bits per heavy atom. The lowest BCUT2D eigenvalue weighted by Gasteiger charge is -2.24. The van der Waals surface area contributed by atoms with E-state index in [1.54, 1.807) is 0 Å². The van der Waals surface area contributed by atoms with Gasteiger partial charge < -0.3 is 14.4 Å². The molecule has 0 radical (unpaired) electrons. The van der Waals surface area contributed by atoms with E-state index in [0.29, 0.717) is 0 Å². The Morgan fingerprint density at radius 2 is 0.905 bits per heavy atom. The van der Waals surface area contributed by atoms with Gasteiger partial charge in [-0.2, -0.15) is 0 Å². The quantitative estimate of drug-likeness (QED) is 0.0561. The smallest absolute Gasteiger partial charge is 0.0934 e. The van der Waals surface area contributed by atoms with E-state index in [-0.39, 0.29) is 6.10 Å². The number of ether oxygens (including phenoxy) is 2. The van der Waals surface area contributed by atoms with Crippen LogP contribution in [-0.2, 0) is 9.47 Å². The Hall–Kier alpha value is -0.640. The molecule has 1 heterocycles. The summed E-state index contributed by atoms with van der Waals surface area (Å²) < 4.78 is 12.5. The molecule has 1 unspecified atom stereocenters. The van der Waals surface area contributed by atoms with Crippen LogP contribution in [0.2, 0.25) is 0 Å². The highest BCUT2D eigenvalue weighted by molar-refractivity contribution is 4.82. The standard InChI is InChI=1S/C39H75NO2/c1-3-5-7-9-11-13-15-17-19-21-23-25-27-31-35-41-38-39(37-40-33-29-30-34-40)42-36-32-28-26-24-22-20-18-16-14-12-10-8-6-4-2/h13-16,39H,3-12,17-38H2,1-2H3. The van der Waals surface area contributed by atoms with Crippen LogP contribution in [0.4, 0.5) is 0 Å². The molecule has 1 rings (SSSR count). The van der Waals surface area contributed by atoms with Crippen LogP contribution in [0.3, 0.4) is 0 Å². The Kier molecular flexibility index (Phi) is 31.2. The van der Waals surface area contributed by atoms with Gasteiger partial charge in [-0.1, -0.05) is 128 Å². The molecule has 0 saturated carbocycles. The zero-order chi connectivity index (χ0) is 30.0. The summed E-state index contributed by atoms with van der Waals surface area (Å²) in [6.45, 7) is 10.7. The number of rotatable bonds is 33. The summed E-state index contributed by atoms with van der Waals surface area (Å²) in [5.74, 6) is 0. The minimum absolute atomic E-state index is 0.247. The van der Waals surface area contributed by atoms with Crippen LogP contribution in [0.15, 0.2) is 24.3 Å². The van der Waals surface area contributed by atoms with Crippen molar-refractivity contribution in [3.05, 3.63) is 24.3 Å². The van der Waals surface area contributed by atoms with Crippen molar-refractivity contribution in [2.75, 3.05) is 39.5 Å². The van der Waals surface area contributed by atoms with Crippen LogP contribution in [0.1, 0.15) is 181 Å². The van der Waals surface area contributed by atoms with Crippen molar-refractivity contribution in [3.63, 3.8) is 0 Å². The fourth-order valence-electron chi connectivity index (χ4n) is 5.97. The molecule has 3 heteroatoms. The summed E-state index contributed by atoms with van der Waals surface area (Å²) in [6, 6.07) is 0. The summed E-state index contributed by atoms with van der Waals surface area (Å²) in [7, 11) is 0. The maximum absolute atomic E-state index is 6.35.